The van der Waals surface area contributed by atoms with Crippen LogP contribution >= 0.6 is 15.9 Å². The molecule has 98 valence electrons. The van der Waals surface area contributed by atoms with Gasteiger partial charge in [-0.2, -0.15) is 0 Å². The molecule has 1 saturated heterocycles. The van der Waals surface area contributed by atoms with E-state index in [1.54, 1.807) is 12.1 Å². The molecule has 18 heavy (non-hydrogen) atoms. The van der Waals surface area contributed by atoms with Crippen molar-refractivity contribution in [3.05, 3.63) is 34.1 Å². The Morgan fingerprint density at radius 3 is 3.06 bits per heavy atom. The largest absolute Gasteiger partial charge is 0.350 e. The van der Waals surface area contributed by atoms with Crippen LogP contribution in [0.2, 0.25) is 0 Å². The van der Waals surface area contributed by atoms with Crippen molar-refractivity contribution in [2.24, 2.45) is 0 Å². The molecule has 5 heteroatoms. The highest BCUT2D eigenvalue weighted by Gasteiger charge is 2.35. The Balaban J connectivity index is 1.99. The summed E-state index contributed by atoms with van der Waals surface area (Å²) in [4.78, 5) is 12.0. The van der Waals surface area contributed by atoms with E-state index in [1.807, 2.05) is 6.92 Å². The number of benzene rings is 1. The van der Waals surface area contributed by atoms with Gasteiger partial charge in [0, 0.05) is 16.6 Å². The minimum Gasteiger partial charge on any atom is -0.350 e. The van der Waals surface area contributed by atoms with Crippen molar-refractivity contribution >= 4 is 21.8 Å². The van der Waals surface area contributed by atoms with Crippen molar-refractivity contribution in [3.63, 3.8) is 0 Å². The van der Waals surface area contributed by atoms with Crippen molar-refractivity contribution < 1.29 is 9.18 Å². The number of halogens is 2. The zero-order chi connectivity index (χ0) is 13.2. The average Bonchev–Trinajstić information content (AvgIpc) is 2.78. The lowest BCUT2D eigenvalue weighted by Gasteiger charge is -2.23. The predicted molar refractivity (Wildman–Crippen MR) is 71.6 cm³/mol. The Morgan fingerprint density at radius 1 is 1.61 bits per heavy atom. The molecule has 1 fully saturated rings. The highest BCUT2D eigenvalue weighted by molar-refractivity contribution is 9.10. The molecule has 1 heterocycles. The summed E-state index contributed by atoms with van der Waals surface area (Å²) < 4.78 is 14.3. The van der Waals surface area contributed by atoms with Gasteiger partial charge in [0.05, 0.1) is 5.54 Å². The molecule has 0 bridgehead atoms. The number of hydrogen-bond acceptors (Lipinski definition) is 2. The number of amides is 1. The molecule has 1 aromatic carbocycles. The van der Waals surface area contributed by atoms with Crippen molar-refractivity contribution in [2.75, 3.05) is 6.54 Å². The first-order valence-corrected chi connectivity index (χ1v) is 6.78. The molecule has 0 aliphatic carbocycles. The van der Waals surface area contributed by atoms with E-state index in [0.29, 0.717) is 5.56 Å². The zero-order valence-electron chi connectivity index (χ0n) is 10.2. The first-order valence-electron chi connectivity index (χ1n) is 5.98. The molecule has 2 rings (SSSR count). The summed E-state index contributed by atoms with van der Waals surface area (Å²) in [7, 11) is 0. The Hall–Kier alpha value is -0.940. The predicted octanol–water partition coefficient (Wildman–Crippen LogP) is 2.35. The van der Waals surface area contributed by atoms with Crippen LogP contribution in [0.1, 0.15) is 25.3 Å². The Labute approximate surface area is 114 Å². The molecule has 0 aromatic heterocycles. The molecule has 1 unspecified atom stereocenters. The van der Waals surface area contributed by atoms with Crippen LogP contribution in [-0.2, 0) is 11.3 Å². The molecule has 1 aliphatic rings. The van der Waals surface area contributed by atoms with Gasteiger partial charge in [0.2, 0.25) is 5.91 Å². The second-order valence-corrected chi connectivity index (χ2v) is 5.70. The van der Waals surface area contributed by atoms with Gasteiger partial charge in [0.15, 0.2) is 0 Å². The van der Waals surface area contributed by atoms with Gasteiger partial charge in [-0.25, -0.2) is 4.39 Å². The SMILES string of the molecule is CC1(C(=O)NCc2cc(Br)ccc2F)CCCN1. The standard InChI is InChI=1S/C13H16BrFN2O/c1-13(5-2-6-17-13)12(18)16-8-9-7-10(14)3-4-11(9)15/h3-4,7,17H,2,5-6,8H2,1H3,(H,16,18). The molecular formula is C13H16BrFN2O. The molecule has 1 atom stereocenters. The Kier molecular flexibility index (Phi) is 4.02. The van der Waals surface area contributed by atoms with E-state index in [4.69, 9.17) is 0 Å². The third-order valence-electron chi connectivity index (χ3n) is 3.32. The number of carbonyl (C=O) groups is 1. The maximum Gasteiger partial charge on any atom is 0.240 e. The maximum absolute atomic E-state index is 13.5. The summed E-state index contributed by atoms with van der Waals surface area (Å²) in [6.07, 6.45) is 1.81. The summed E-state index contributed by atoms with van der Waals surface area (Å²) in [5.41, 5.74) is -0.0259. The van der Waals surface area contributed by atoms with Gasteiger partial charge < -0.3 is 10.6 Å². The molecule has 3 nitrogen and oxygen atoms in total. The molecule has 0 saturated carbocycles. The zero-order valence-corrected chi connectivity index (χ0v) is 11.8. The molecule has 1 aromatic rings. The van der Waals surface area contributed by atoms with Crippen LogP contribution < -0.4 is 10.6 Å². The van der Waals surface area contributed by atoms with E-state index in [0.717, 1.165) is 23.9 Å². The summed E-state index contributed by atoms with van der Waals surface area (Å²) >= 11 is 3.29. The summed E-state index contributed by atoms with van der Waals surface area (Å²) in [5.74, 6) is -0.373. The van der Waals surface area contributed by atoms with Gasteiger partial charge in [-0.05, 0) is 44.5 Å². The van der Waals surface area contributed by atoms with Gasteiger partial charge in [0.1, 0.15) is 5.82 Å². The van der Waals surface area contributed by atoms with E-state index < -0.39 is 5.54 Å². The third-order valence-corrected chi connectivity index (χ3v) is 3.81. The van der Waals surface area contributed by atoms with Crippen molar-refractivity contribution in [3.8, 4) is 0 Å². The van der Waals surface area contributed by atoms with E-state index in [-0.39, 0.29) is 18.3 Å². The van der Waals surface area contributed by atoms with Crippen LogP contribution in [0.4, 0.5) is 4.39 Å². The van der Waals surface area contributed by atoms with E-state index in [1.165, 1.54) is 6.07 Å². The van der Waals surface area contributed by atoms with Crippen LogP contribution in [0.5, 0.6) is 0 Å². The second kappa shape index (κ2) is 5.36. The highest BCUT2D eigenvalue weighted by atomic mass is 79.9. The summed E-state index contributed by atoms with van der Waals surface area (Å²) in [5, 5.41) is 5.97. The van der Waals surface area contributed by atoms with Gasteiger partial charge in [-0.3, -0.25) is 4.79 Å². The quantitative estimate of drug-likeness (QED) is 0.899. The van der Waals surface area contributed by atoms with Crippen molar-refractivity contribution in [2.45, 2.75) is 31.8 Å². The number of rotatable bonds is 3. The molecule has 1 aliphatic heterocycles. The minimum atomic E-state index is -0.511. The number of hydrogen-bond donors (Lipinski definition) is 2. The molecule has 0 spiro atoms. The lowest BCUT2D eigenvalue weighted by molar-refractivity contribution is -0.126. The highest BCUT2D eigenvalue weighted by Crippen LogP contribution is 2.19. The Bertz CT molecular complexity index is 458. The van der Waals surface area contributed by atoms with E-state index in [9.17, 15) is 9.18 Å². The van der Waals surface area contributed by atoms with Crippen LogP contribution in [0.25, 0.3) is 0 Å². The van der Waals surface area contributed by atoms with Gasteiger partial charge in [-0.15, -0.1) is 0 Å². The van der Waals surface area contributed by atoms with Crippen molar-refractivity contribution in [1.29, 1.82) is 0 Å². The molecule has 2 N–H and O–H groups in total. The first-order chi connectivity index (χ1) is 8.51. The average molecular weight is 315 g/mol. The number of carbonyl (C=O) groups excluding carboxylic acids is 1. The van der Waals surface area contributed by atoms with Gasteiger partial charge in [0.25, 0.3) is 0 Å². The smallest absolute Gasteiger partial charge is 0.240 e. The fourth-order valence-corrected chi connectivity index (χ4v) is 2.55. The normalized spacial score (nSPS) is 23.1. The van der Waals surface area contributed by atoms with E-state index in [2.05, 4.69) is 26.6 Å². The van der Waals surface area contributed by atoms with E-state index >= 15 is 0 Å². The van der Waals surface area contributed by atoms with Crippen LogP contribution in [0, 0.1) is 5.82 Å². The monoisotopic (exact) mass is 314 g/mol. The fraction of sp³-hybridized carbons (Fsp3) is 0.462. The fourth-order valence-electron chi connectivity index (χ4n) is 2.14. The number of nitrogens with one attached hydrogen (secondary N) is 2. The third kappa shape index (κ3) is 2.90. The summed E-state index contributed by atoms with van der Waals surface area (Å²) in [6, 6.07) is 4.71. The minimum absolute atomic E-state index is 0.0700. The molecular weight excluding hydrogens is 299 g/mol. The maximum atomic E-state index is 13.5. The summed E-state index contributed by atoms with van der Waals surface area (Å²) in [6.45, 7) is 2.95. The lowest BCUT2D eigenvalue weighted by atomic mass is 9.99. The Morgan fingerprint density at radius 2 is 2.39 bits per heavy atom. The first kappa shape index (κ1) is 13.5. The van der Waals surface area contributed by atoms with Crippen LogP contribution in [0.15, 0.2) is 22.7 Å². The molecule has 1 amide bonds. The van der Waals surface area contributed by atoms with Crippen LogP contribution in [0.3, 0.4) is 0 Å². The van der Waals surface area contributed by atoms with Crippen molar-refractivity contribution in [1.82, 2.24) is 10.6 Å². The van der Waals surface area contributed by atoms with Gasteiger partial charge in [-0.1, -0.05) is 15.9 Å². The lowest BCUT2D eigenvalue weighted by Crippen LogP contribution is -2.50. The van der Waals surface area contributed by atoms with Crippen LogP contribution in [-0.4, -0.2) is 18.0 Å². The van der Waals surface area contributed by atoms with Gasteiger partial charge >= 0.3 is 0 Å². The molecule has 0 radical (unpaired) electrons. The second-order valence-electron chi connectivity index (χ2n) is 4.78. The topological polar surface area (TPSA) is 41.1 Å².